The molecule has 202 valence electrons. The largest absolute Gasteiger partial charge is 0.497 e. The van der Waals surface area contributed by atoms with Gasteiger partial charge in [0.1, 0.15) is 17.8 Å². The SMILES string of the molecule is COc1ccc(C(=O)N2CC(=O)[C@@H]3[C@H]2CCN3C(=O)[C@H](CC(C)C)NC(=O)c2ccc(N(C)C)cc2)cc1. The maximum atomic E-state index is 13.7. The average molecular weight is 521 g/mol. The van der Waals surface area contributed by atoms with Gasteiger partial charge in [-0.25, -0.2) is 0 Å². The molecule has 2 heterocycles. The minimum atomic E-state index is -0.770. The summed E-state index contributed by atoms with van der Waals surface area (Å²) in [5.74, 6) is -0.226. The van der Waals surface area contributed by atoms with Gasteiger partial charge in [-0.15, -0.1) is 0 Å². The number of likely N-dealkylation sites (tertiary alicyclic amines) is 2. The summed E-state index contributed by atoms with van der Waals surface area (Å²) in [5.41, 5.74) is 1.90. The predicted molar refractivity (Wildman–Crippen MR) is 144 cm³/mol. The number of amides is 3. The van der Waals surface area contributed by atoms with Gasteiger partial charge < -0.3 is 24.8 Å². The van der Waals surface area contributed by atoms with Crippen molar-refractivity contribution in [2.45, 2.75) is 44.8 Å². The molecule has 0 aromatic heterocycles. The number of nitrogens with zero attached hydrogens (tertiary/aromatic N) is 3. The standard InChI is InChI=1S/C29H36N4O5/c1-18(2)16-23(30-27(35)19-6-10-21(11-7-19)31(3)4)29(37)32-15-14-24-26(32)25(34)17-33(24)28(36)20-8-12-22(38-5)13-9-20/h6-13,18,23-24,26H,14-17H2,1-5H3,(H,30,35)/t23-,24+,26-/m0/s1. The fourth-order valence-corrected chi connectivity index (χ4v) is 5.28. The van der Waals surface area contributed by atoms with Crippen LogP contribution in [0, 0.1) is 5.92 Å². The lowest BCUT2D eigenvalue weighted by molar-refractivity contribution is -0.138. The van der Waals surface area contributed by atoms with Gasteiger partial charge in [-0.3, -0.25) is 19.2 Å². The highest BCUT2D eigenvalue weighted by atomic mass is 16.5. The Balaban J connectivity index is 1.49. The van der Waals surface area contributed by atoms with E-state index in [0.717, 1.165) is 5.69 Å². The van der Waals surface area contributed by atoms with Crippen LogP contribution in [-0.4, -0.2) is 85.7 Å². The van der Waals surface area contributed by atoms with Crippen molar-refractivity contribution >= 4 is 29.2 Å². The van der Waals surface area contributed by atoms with Crippen LogP contribution in [0.3, 0.4) is 0 Å². The van der Waals surface area contributed by atoms with Crippen LogP contribution in [0.5, 0.6) is 5.75 Å². The maximum Gasteiger partial charge on any atom is 0.254 e. The Morgan fingerprint density at radius 2 is 1.63 bits per heavy atom. The molecule has 3 amide bonds. The van der Waals surface area contributed by atoms with E-state index in [-0.39, 0.29) is 42.0 Å². The molecule has 2 fully saturated rings. The van der Waals surface area contributed by atoms with Gasteiger partial charge in [0.05, 0.1) is 19.7 Å². The summed E-state index contributed by atoms with van der Waals surface area (Å²) in [4.78, 5) is 58.2. The number of hydrogen-bond donors (Lipinski definition) is 1. The summed E-state index contributed by atoms with van der Waals surface area (Å²) >= 11 is 0. The van der Waals surface area contributed by atoms with Crippen molar-refractivity contribution in [1.29, 1.82) is 0 Å². The van der Waals surface area contributed by atoms with Crippen LogP contribution in [0.4, 0.5) is 5.69 Å². The molecule has 2 aliphatic rings. The lowest BCUT2D eigenvalue weighted by atomic mass is 10.0. The number of nitrogens with one attached hydrogen (secondary N) is 1. The van der Waals surface area contributed by atoms with Gasteiger partial charge in [0.15, 0.2) is 5.78 Å². The van der Waals surface area contributed by atoms with E-state index >= 15 is 0 Å². The second-order valence-corrected chi connectivity index (χ2v) is 10.6. The van der Waals surface area contributed by atoms with E-state index in [1.807, 2.05) is 45.0 Å². The number of ether oxygens (including phenoxy) is 1. The Morgan fingerprint density at radius 1 is 1.00 bits per heavy atom. The van der Waals surface area contributed by atoms with E-state index < -0.39 is 12.1 Å². The Labute approximate surface area is 223 Å². The molecular formula is C29H36N4O5. The molecule has 0 spiro atoms. The number of carbonyl (C=O) groups excluding carboxylic acids is 4. The zero-order chi connectivity index (χ0) is 27.6. The van der Waals surface area contributed by atoms with Crippen molar-refractivity contribution < 1.29 is 23.9 Å². The van der Waals surface area contributed by atoms with E-state index in [1.54, 1.807) is 53.3 Å². The zero-order valence-corrected chi connectivity index (χ0v) is 22.6. The van der Waals surface area contributed by atoms with Crippen LogP contribution in [0.2, 0.25) is 0 Å². The third-order valence-electron chi connectivity index (χ3n) is 7.26. The number of benzene rings is 2. The molecule has 9 heteroatoms. The summed E-state index contributed by atoms with van der Waals surface area (Å²) in [7, 11) is 5.40. The van der Waals surface area contributed by atoms with Gasteiger partial charge in [-0.2, -0.15) is 0 Å². The summed E-state index contributed by atoms with van der Waals surface area (Å²) in [6, 6.07) is 12.1. The third kappa shape index (κ3) is 5.51. The molecule has 0 aliphatic carbocycles. The van der Waals surface area contributed by atoms with Crippen molar-refractivity contribution in [3.05, 3.63) is 59.7 Å². The maximum absolute atomic E-state index is 13.7. The van der Waals surface area contributed by atoms with E-state index in [2.05, 4.69) is 5.32 Å². The van der Waals surface area contributed by atoms with E-state index in [4.69, 9.17) is 4.74 Å². The highest BCUT2D eigenvalue weighted by Crippen LogP contribution is 2.32. The van der Waals surface area contributed by atoms with Crippen LogP contribution in [0.15, 0.2) is 48.5 Å². The molecule has 1 N–H and O–H groups in total. The monoisotopic (exact) mass is 520 g/mol. The minimum Gasteiger partial charge on any atom is -0.497 e. The smallest absolute Gasteiger partial charge is 0.254 e. The van der Waals surface area contributed by atoms with E-state index in [0.29, 0.717) is 36.3 Å². The van der Waals surface area contributed by atoms with Crippen molar-refractivity contribution in [1.82, 2.24) is 15.1 Å². The molecule has 4 rings (SSSR count). The minimum absolute atomic E-state index is 0.0383. The quantitative estimate of drug-likeness (QED) is 0.575. The molecule has 3 atom stereocenters. The van der Waals surface area contributed by atoms with Gasteiger partial charge in [0.25, 0.3) is 11.8 Å². The Bertz CT molecular complexity index is 1190. The van der Waals surface area contributed by atoms with Crippen LogP contribution in [-0.2, 0) is 9.59 Å². The number of ketones is 1. The second-order valence-electron chi connectivity index (χ2n) is 10.6. The molecule has 0 bridgehead atoms. The molecule has 2 aromatic carbocycles. The zero-order valence-electron chi connectivity index (χ0n) is 22.6. The molecule has 9 nitrogen and oxygen atoms in total. The van der Waals surface area contributed by atoms with Gasteiger partial charge in [0, 0.05) is 37.5 Å². The van der Waals surface area contributed by atoms with Gasteiger partial charge in [-0.1, -0.05) is 13.8 Å². The molecule has 0 saturated carbocycles. The normalized spacial score (nSPS) is 19.4. The molecule has 38 heavy (non-hydrogen) atoms. The van der Waals surface area contributed by atoms with Gasteiger partial charge >= 0.3 is 0 Å². The van der Waals surface area contributed by atoms with Gasteiger partial charge in [0.2, 0.25) is 5.91 Å². The molecule has 2 aromatic rings. The summed E-state index contributed by atoms with van der Waals surface area (Å²) in [6.07, 6.45) is 0.954. The fourth-order valence-electron chi connectivity index (χ4n) is 5.28. The lowest BCUT2D eigenvalue weighted by Gasteiger charge is -2.29. The number of hydrogen-bond acceptors (Lipinski definition) is 6. The van der Waals surface area contributed by atoms with Gasteiger partial charge in [-0.05, 0) is 67.3 Å². The fraction of sp³-hybridized carbons (Fsp3) is 0.448. The topological polar surface area (TPSA) is 99.3 Å². The van der Waals surface area contributed by atoms with Crippen molar-refractivity contribution in [2.24, 2.45) is 5.92 Å². The number of methoxy groups -OCH3 is 1. The first kappa shape index (κ1) is 27.2. The number of rotatable bonds is 8. The Kier molecular flexibility index (Phi) is 8.04. The van der Waals surface area contributed by atoms with Crippen LogP contribution in [0.25, 0.3) is 0 Å². The number of anilines is 1. The first-order valence-electron chi connectivity index (χ1n) is 13.0. The van der Waals surface area contributed by atoms with Crippen molar-refractivity contribution in [3.8, 4) is 5.75 Å². The van der Waals surface area contributed by atoms with Crippen molar-refractivity contribution in [3.63, 3.8) is 0 Å². The molecule has 2 saturated heterocycles. The summed E-state index contributed by atoms with van der Waals surface area (Å²) in [6.45, 7) is 4.29. The Hall–Kier alpha value is -3.88. The van der Waals surface area contributed by atoms with E-state index in [9.17, 15) is 19.2 Å². The summed E-state index contributed by atoms with van der Waals surface area (Å²) < 4.78 is 5.17. The first-order valence-corrected chi connectivity index (χ1v) is 13.0. The highest BCUT2D eigenvalue weighted by molar-refractivity contribution is 6.03. The summed E-state index contributed by atoms with van der Waals surface area (Å²) in [5, 5.41) is 2.91. The average Bonchev–Trinajstić information content (AvgIpc) is 3.48. The third-order valence-corrected chi connectivity index (χ3v) is 7.26. The number of fused-ring (bicyclic) bond motifs is 1. The number of carbonyl (C=O) groups is 4. The highest BCUT2D eigenvalue weighted by Gasteiger charge is 2.52. The van der Waals surface area contributed by atoms with Crippen LogP contribution in [0.1, 0.15) is 47.4 Å². The lowest BCUT2D eigenvalue weighted by Crippen LogP contribution is -2.53. The van der Waals surface area contributed by atoms with E-state index in [1.165, 1.54) is 0 Å². The second kappa shape index (κ2) is 11.2. The van der Waals surface area contributed by atoms with Crippen molar-refractivity contribution in [2.75, 3.05) is 39.2 Å². The Morgan fingerprint density at radius 3 is 2.21 bits per heavy atom. The first-order chi connectivity index (χ1) is 18.1. The predicted octanol–water partition coefficient (Wildman–Crippen LogP) is 2.60. The van der Waals surface area contributed by atoms with Crippen LogP contribution < -0.4 is 15.0 Å². The molecule has 0 radical (unpaired) electrons. The van der Waals surface area contributed by atoms with Crippen LogP contribution >= 0.6 is 0 Å². The molecule has 2 aliphatic heterocycles. The number of Topliss-reactive ketones (excluding diaryl/α,β-unsaturated/α-hetero) is 1. The molecule has 0 unspecified atom stereocenters. The molecular weight excluding hydrogens is 484 g/mol.